The van der Waals surface area contributed by atoms with Gasteiger partial charge in [-0.05, 0) is 59.5 Å². The van der Waals surface area contributed by atoms with E-state index in [4.69, 9.17) is 4.74 Å². The van der Waals surface area contributed by atoms with Crippen LogP contribution in [0.25, 0.3) is 10.8 Å². The molecule has 0 saturated heterocycles. The summed E-state index contributed by atoms with van der Waals surface area (Å²) in [6, 6.07) is 11.9. The van der Waals surface area contributed by atoms with Crippen molar-refractivity contribution in [2.24, 2.45) is 5.92 Å². The largest absolute Gasteiger partial charge is 0.380 e. The number of ether oxygens (including phenoxy) is 1. The van der Waals surface area contributed by atoms with Crippen molar-refractivity contribution in [3.63, 3.8) is 0 Å². The van der Waals surface area contributed by atoms with Crippen LogP contribution in [0.15, 0.2) is 60.4 Å². The molecule has 0 spiro atoms. The van der Waals surface area contributed by atoms with Crippen LogP contribution in [-0.2, 0) is 11.3 Å². The van der Waals surface area contributed by atoms with Crippen LogP contribution < -0.4 is 5.32 Å². The summed E-state index contributed by atoms with van der Waals surface area (Å²) in [5.41, 5.74) is 2.74. The van der Waals surface area contributed by atoms with Gasteiger partial charge in [-0.1, -0.05) is 36.8 Å². The molecule has 4 rings (SSSR count). The predicted molar refractivity (Wildman–Crippen MR) is 108 cm³/mol. The Morgan fingerprint density at radius 1 is 1.19 bits per heavy atom. The number of rotatable bonds is 6. The van der Waals surface area contributed by atoms with Gasteiger partial charge in [-0.25, -0.2) is 0 Å². The second kappa shape index (κ2) is 7.97. The quantitative estimate of drug-likeness (QED) is 0.836. The van der Waals surface area contributed by atoms with E-state index in [1.807, 2.05) is 48.6 Å². The zero-order valence-corrected chi connectivity index (χ0v) is 15.8. The van der Waals surface area contributed by atoms with Gasteiger partial charge in [-0.2, -0.15) is 0 Å². The molecule has 0 atom stereocenters. The Bertz CT molecular complexity index is 896. The molecule has 27 heavy (non-hydrogen) atoms. The molecule has 1 fully saturated rings. The minimum atomic E-state index is -0.0553. The van der Waals surface area contributed by atoms with E-state index in [9.17, 15) is 4.79 Å². The summed E-state index contributed by atoms with van der Waals surface area (Å²) in [6.45, 7) is 2.38. The van der Waals surface area contributed by atoms with E-state index in [1.165, 1.54) is 19.3 Å². The van der Waals surface area contributed by atoms with Crippen LogP contribution >= 0.6 is 0 Å². The Balaban J connectivity index is 1.50. The third kappa shape index (κ3) is 3.91. The van der Waals surface area contributed by atoms with Crippen molar-refractivity contribution in [2.45, 2.75) is 25.9 Å². The van der Waals surface area contributed by atoms with Crippen molar-refractivity contribution in [3.05, 3.63) is 71.6 Å². The average molecular weight is 362 g/mol. The number of methoxy groups -OCH3 is 1. The van der Waals surface area contributed by atoms with Gasteiger partial charge in [0.1, 0.15) is 0 Å². The normalized spacial score (nSPS) is 16.9. The SMILES string of the molecule is COCc1ccc(C(=O)NC2=CC=CN(CC3CCC3)C2)c2ccccc12. The number of amides is 1. The number of nitrogens with one attached hydrogen (secondary N) is 1. The first-order chi connectivity index (χ1) is 13.2. The van der Waals surface area contributed by atoms with E-state index in [2.05, 4.69) is 16.4 Å². The van der Waals surface area contributed by atoms with Crippen molar-refractivity contribution >= 4 is 16.7 Å². The Morgan fingerprint density at radius 2 is 2.00 bits per heavy atom. The number of hydrogen-bond donors (Lipinski definition) is 1. The van der Waals surface area contributed by atoms with Crippen molar-refractivity contribution < 1.29 is 9.53 Å². The van der Waals surface area contributed by atoms with Gasteiger partial charge in [0.2, 0.25) is 0 Å². The predicted octanol–water partition coefficient (Wildman–Crippen LogP) is 4.23. The van der Waals surface area contributed by atoms with E-state index in [1.54, 1.807) is 7.11 Å². The molecule has 0 aromatic heterocycles. The Hall–Kier alpha value is -2.59. The zero-order chi connectivity index (χ0) is 18.6. The molecule has 140 valence electrons. The second-order valence-electron chi connectivity index (χ2n) is 7.46. The average Bonchev–Trinajstić information content (AvgIpc) is 2.65. The minimum absolute atomic E-state index is 0.0553. The highest BCUT2D eigenvalue weighted by Crippen LogP contribution is 2.28. The van der Waals surface area contributed by atoms with Crippen molar-refractivity contribution in [1.29, 1.82) is 0 Å². The lowest BCUT2D eigenvalue weighted by atomic mass is 9.85. The Labute approximate surface area is 160 Å². The number of hydrogen-bond acceptors (Lipinski definition) is 3. The van der Waals surface area contributed by atoms with Crippen LogP contribution in [0.4, 0.5) is 0 Å². The minimum Gasteiger partial charge on any atom is -0.380 e. The molecule has 4 nitrogen and oxygen atoms in total. The van der Waals surface area contributed by atoms with Crippen LogP contribution in [-0.4, -0.2) is 31.0 Å². The van der Waals surface area contributed by atoms with Crippen molar-refractivity contribution in [2.75, 3.05) is 20.2 Å². The first kappa shape index (κ1) is 17.8. The van der Waals surface area contributed by atoms with E-state index in [0.717, 1.165) is 41.0 Å². The molecule has 1 N–H and O–H groups in total. The van der Waals surface area contributed by atoms with Gasteiger partial charge in [-0.3, -0.25) is 4.79 Å². The summed E-state index contributed by atoms with van der Waals surface area (Å²) < 4.78 is 5.29. The van der Waals surface area contributed by atoms with Gasteiger partial charge < -0.3 is 15.0 Å². The number of carbonyl (C=O) groups is 1. The van der Waals surface area contributed by atoms with Gasteiger partial charge in [-0.15, -0.1) is 0 Å². The smallest absolute Gasteiger partial charge is 0.256 e. The molecular formula is C23H26N2O2. The number of carbonyl (C=O) groups excluding carboxylic acids is 1. The monoisotopic (exact) mass is 362 g/mol. The molecule has 1 aliphatic carbocycles. The van der Waals surface area contributed by atoms with Crippen LogP contribution in [0.5, 0.6) is 0 Å². The first-order valence-corrected chi connectivity index (χ1v) is 9.67. The van der Waals surface area contributed by atoms with Gasteiger partial charge in [0.25, 0.3) is 5.91 Å². The lowest BCUT2D eigenvalue weighted by Crippen LogP contribution is -2.36. The number of fused-ring (bicyclic) bond motifs is 1. The molecule has 1 heterocycles. The highest BCUT2D eigenvalue weighted by atomic mass is 16.5. The summed E-state index contributed by atoms with van der Waals surface area (Å²) >= 11 is 0. The molecule has 1 amide bonds. The first-order valence-electron chi connectivity index (χ1n) is 9.67. The fourth-order valence-electron chi connectivity index (χ4n) is 3.87. The number of allylic oxidation sites excluding steroid dienone is 2. The van der Waals surface area contributed by atoms with E-state index in [0.29, 0.717) is 12.2 Å². The van der Waals surface area contributed by atoms with Crippen LogP contribution in [0, 0.1) is 5.92 Å². The Morgan fingerprint density at radius 3 is 2.74 bits per heavy atom. The molecule has 0 bridgehead atoms. The molecule has 2 aromatic rings. The standard InChI is InChI=1S/C23H26N2O2/c1-27-16-18-11-12-22(21-10-3-2-9-20(18)21)23(26)24-19-8-5-13-25(15-19)14-17-6-4-7-17/h2-3,5,8-13,17H,4,6-7,14-16H2,1H3,(H,24,26). The van der Waals surface area contributed by atoms with E-state index in [-0.39, 0.29) is 5.91 Å². The topological polar surface area (TPSA) is 41.6 Å². The summed E-state index contributed by atoms with van der Waals surface area (Å²) in [7, 11) is 1.69. The van der Waals surface area contributed by atoms with Crippen molar-refractivity contribution in [1.82, 2.24) is 10.2 Å². The highest BCUT2D eigenvalue weighted by molar-refractivity contribution is 6.08. The van der Waals surface area contributed by atoms with E-state index >= 15 is 0 Å². The maximum Gasteiger partial charge on any atom is 0.256 e. The molecule has 2 aromatic carbocycles. The van der Waals surface area contributed by atoms with Crippen LogP contribution in [0.2, 0.25) is 0 Å². The van der Waals surface area contributed by atoms with Crippen LogP contribution in [0.3, 0.4) is 0 Å². The lowest BCUT2D eigenvalue weighted by Gasteiger charge is -2.33. The summed E-state index contributed by atoms with van der Waals surface area (Å²) in [6.07, 6.45) is 10.2. The van der Waals surface area contributed by atoms with Gasteiger partial charge >= 0.3 is 0 Å². The Kier molecular flexibility index (Phi) is 5.26. The van der Waals surface area contributed by atoms with Gasteiger partial charge in [0.05, 0.1) is 13.2 Å². The molecule has 0 radical (unpaired) electrons. The summed E-state index contributed by atoms with van der Waals surface area (Å²) in [5.74, 6) is 0.752. The maximum atomic E-state index is 13.0. The maximum absolute atomic E-state index is 13.0. The third-order valence-corrected chi connectivity index (χ3v) is 5.52. The molecule has 4 heteroatoms. The summed E-state index contributed by atoms with van der Waals surface area (Å²) in [5, 5.41) is 5.14. The third-order valence-electron chi connectivity index (χ3n) is 5.52. The summed E-state index contributed by atoms with van der Waals surface area (Å²) in [4.78, 5) is 15.3. The van der Waals surface area contributed by atoms with E-state index < -0.39 is 0 Å². The number of nitrogens with zero attached hydrogens (tertiary/aromatic N) is 1. The van der Waals surface area contributed by atoms with Crippen LogP contribution in [0.1, 0.15) is 35.2 Å². The number of benzene rings is 2. The fraction of sp³-hybridized carbons (Fsp3) is 0.348. The van der Waals surface area contributed by atoms with Crippen molar-refractivity contribution in [3.8, 4) is 0 Å². The molecular weight excluding hydrogens is 336 g/mol. The van der Waals surface area contributed by atoms with Gasteiger partial charge in [0.15, 0.2) is 0 Å². The van der Waals surface area contributed by atoms with Gasteiger partial charge in [0, 0.05) is 24.9 Å². The lowest BCUT2D eigenvalue weighted by molar-refractivity contribution is 0.0963. The fourth-order valence-corrected chi connectivity index (χ4v) is 3.87. The molecule has 2 aliphatic rings. The second-order valence-corrected chi connectivity index (χ2v) is 7.46. The highest BCUT2D eigenvalue weighted by Gasteiger charge is 2.21. The molecule has 1 aliphatic heterocycles. The molecule has 1 saturated carbocycles. The zero-order valence-electron chi connectivity index (χ0n) is 15.8. The molecule has 0 unspecified atom stereocenters.